The van der Waals surface area contributed by atoms with Crippen molar-refractivity contribution in [3.8, 4) is 0 Å². The largest absolute Gasteiger partial charge is 0.355 e. The molecule has 0 atom stereocenters. The number of hydrogen-bond donors (Lipinski definition) is 2. The van der Waals surface area contributed by atoms with Crippen molar-refractivity contribution >= 4 is 5.91 Å². The van der Waals surface area contributed by atoms with Crippen LogP contribution >= 0.6 is 0 Å². The minimum Gasteiger partial charge on any atom is -0.355 e. The van der Waals surface area contributed by atoms with Crippen molar-refractivity contribution in [3.05, 3.63) is 35.9 Å². The molecule has 0 radical (unpaired) electrons. The first-order valence-electron chi connectivity index (χ1n) is 7.36. The van der Waals surface area contributed by atoms with Crippen LogP contribution in [0.4, 0.5) is 0 Å². The number of nitrogens with one attached hydrogen (secondary N) is 2. The normalized spacial score (nSPS) is 21.9. The molecular formula is C16H22N2O. The lowest BCUT2D eigenvalue weighted by Gasteiger charge is -2.32. The zero-order valence-corrected chi connectivity index (χ0v) is 11.3. The van der Waals surface area contributed by atoms with Crippen molar-refractivity contribution in [2.45, 2.75) is 31.1 Å². The van der Waals surface area contributed by atoms with Gasteiger partial charge in [-0.15, -0.1) is 0 Å². The third-order valence-corrected chi connectivity index (χ3v) is 4.64. The minimum absolute atomic E-state index is 0.239. The van der Waals surface area contributed by atoms with E-state index in [1.54, 1.807) is 0 Å². The Bertz CT molecular complexity index is 433. The average Bonchev–Trinajstić information content (AvgIpc) is 2.88. The summed E-state index contributed by atoms with van der Waals surface area (Å²) < 4.78 is 0. The fourth-order valence-corrected chi connectivity index (χ4v) is 3.28. The molecule has 1 aromatic carbocycles. The number of rotatable bonds is 4. The van der Waals surface area contributed by atoms with Crippen LogP contribution in [0.2, 0.25) is 0 Å². The van der Waals surface area contributed by atoms with Gasteiger partial charge in [-0.05, 0) is 18.4 Å². The van der Waals surface area contributed by atoms with Gasteiger partial charge in [-0.2, -0.15) is 0 Å². The van der Waals surface area contributed by atoms with Crippen LogP contribution in [0, 0.1) is 5.92 Å². The molecule has 1 saturated heterocycles. The smallest absolute Gasteiger partial charge is 0.230 e. The number of amides is 1. The maximum Gasteiger partial charge on any atom is 0.230 e. The first-order chi connectivity index (χ1) is 9.31. The van der Waals surface area contributed by atoms with Gasteiger partial charge in [0.15, 0.2) is 0 Å². The highest BCUT2D eigenvalue weighted by atomic mass is 16.2. The Balaban J connectivity index is 1.74. The van der Waals surface area contributed by atoms with Crippen LogP contribution in [0.1, 0.15) is 31.2 Å². The lowest BCUT2D eigenvalue weighted by atomic mass is 9.78. The summed E-state index contributed by atoms with van der Waals surface area (Å²) in [5, 5.41) is 6.43. The Labute approximate surface area is 114 Å². The third kappa shape index (κ3) is 2.39. The lowest BCUT2D eigenvalue weighted by molar-refractivity contribution is -0.126. The standard InChI is InChI=1S/C16H22N2O/c19-15(18-12-13-10-17-11-13)16(8-4-5-9-16)14-6-2-1-3-7-14/h1-3,6-7,13,17H,4-5,8-12H2,(H,18,19). The van der Waals surface area contributed by atoms with E-state index >= 15 is 0 Å². The van der Waals surface area contributed by atoms with Crippen molar-refractivity contribution in [1.29, 1.82) is 0 Å². The molecule has 1 aliphatic carbocycles. The molecule has 3 rings (SSSR count). The van der Waals surface area contributed by atoms with E-state index in [2.05, 4.69) is 22.8 Å². The summed E-state index contributed by atoms with van der Waals surface area (Å²) in [5.41, 5.74) is 0.926. The van der Waals surface area contributed by atoms with E-state index in [9.17, 15) is 4.79 Å². The van der Waals surface area contributed by atoms with Crippen LogP contribution in [0.15, 0.2) is 30.3 Å². The van der Waals surface area contributed by atoms with Gasteiger partial charge in [0, 0.05) is 25.6 Å². The van der Waals surface area contributed by atoms with Gasteiger partial charge in [0.2, 0.25) is 5.91 Å². The van der Waals surface area contributed by atoms with Crippen LogP contribution < -0.4 is 10.6 Å². The van der Waals surface area contributed by atoms with E-state index in [1.165, 1.54) is 5.56 Å². The maximum absolute atomic E-state index is 12.7. The Kier molecular flexibility index (Phi) is 3.56. The molecule has 0 unspecified atom stereocenters. The molecule has 1 heterocycles. The van der Waals surface area contributed by atoms with Gasteiger partial charge in [0.05, 0.1) is 5.41 Å². The van der Waals surface area contributed by atoms with Crippen molar-refractivity contribution in [3.63, 3.8) is 0 Å². The molecule has 3 nitrogen and oxygen atoms in total. The van der Waals surface area contributed by atoms with Crippen LogP contribution in [-0.2, 0) is 10.2 Å². The Morgan fingerprint density at radius 2 is 1.89 bits per heavy atom. The monoisotopic (exact) mass is 258 g/mol. The number of carbonyl (C=O) groups excluding carboxylic acids is 1. The van der Waals surface area contributed by atoms with Crippen LogP contribution in [0.25, 0.3) is 0 Å². The molecule has 102 valence electrons. The van der Waals surface area contributed by atoms with Gasteiger partial charge in [0.25, 0.3) is 0 Å². The second kappa shape index (κ2) is 5.33. The quantitative estimate of drug-likeness (QED) is 0.865. The molecule has 2 fully saturated rings. The van der Waals surface area contributed by atoms with E-state index in [0.717, 1.165) is 45.3 Å². The van der Waals surface area contributed by atoms with E-state index < -0.39 is 0 Å². The fourth-order valence-electron chi connectivity index (χ4n) is 3.28. The Hall–Kier alpha value is -1.35. The summed E-state index contributed by atoms with van der Waals surface area (Å²) in [6.07, 6.45) is 4.30. The zero-order valence-electron chi connectivity index (χ0n) is 11.3. The maximum atomic E-state index is 12.7. The van der Waals surface area contributed by atoms with Gasteiger partial charge in [0.1, 0.15) is 0 Å². The van der Waals surface area contributed by atoms with E-state index in [4.69, 9.17) is 0 Å². The molecule has 19 heavy (non-hydrogen) atoms. The predicted molar refractivity (Wildman–Crippen MR) is 76.0 cm³/mol. The molecule has 1 amide bonds. The molecule has 2 aliphatic rings. The lowest BCUT2D eigenvalue weighted by Crippen LogP contribution is -2.51. The summed E-state index contributed by atoms with van der Waals surface area (Å²) >= 11 is 0. The van der Waals surface area contributed by atoms with Crippen molar-refractivity contribution < 1.29 is 4.79 Å². The topological polar surface area (TPSA) is 41.1 Å². The van der Waals surface area contributed by atoms with Gasteiger partial charge in [-0.3, -0.25) is 4.79 Å². The molecule has 1 aliphatic heterocycles. The molecule has 1 saturated carbocycles. The summed E-state index contributed by atoms with van der Waals surface area (Å²) in [5.74, 6) is 0.862. The van der Waals surface area contributed by atoms with Gasteiger partial charge >= 0.3 is 0 Å². The third-order valence-electron chi connectivity index (χ3n) is 4.64. The highest BCUT2D eigenvalue weighted by molar-refractivity contribution is 5.88. The molecule has 0 aromatic heterocycles. The molecular weight excluding hydrogens is 236 g/mol. The van der Waals surface area contributed by atoms with E-state index in [0.29, 0.717) is 5.92 Å². The molecule has 0 spiro atoms. The van der Waals surface area contributed by atoms with Gasteiger partial charge in [-0.25, -0.2) is 0 Å². The summed E-state index contributed by atoms with van der Waals surface area (Å²) in [6.45, 7) is 2.90. The first kappa shape index (κ1) is 12.7. The Morgan fingerprint density at radius 1 is 1.21 bits per heavy atom. The van der Waals surface area contributed by atoms with Crippen LogP contribution in [0.3, 0.4) is 0 Å². The fraction of sp³-hybridized carbons (Fsp3) is 0.562. The molecule has 2 N–H and O–H groups in total. The first-order valence-corrected chi connectivity index (χ1v) is 7.36. The number of hydrogen-bond acceptors (Lipinski definition) is 2. The number of carbonyl (C=O) groups is 1. The van der Waals surface area contributed by atoms with Crippen molar-refractivity contribution in [2.75, 3.05) is 19.6 Å². The van der Waals surface area contributed by atoms with Gasteiger partial charge < -0.3 is 10.6 Å². The summed E-state index contributed by atoms with van der Waals surface area (Å²) in [7, 11) is 0. The second-order valence-electron chi connectivity index (χ2n) is 5.89. The van der Waals surface area contributed by atoms with Crippen molar-refractivity contribution in [1.82, 2.24) is 10.6 Å². The zero-order chi connectivity index (χ0) is 13.1. The van der Waals surface area contributed by atoms with E-state index in [-0.39, 0.29) is 11.3 Å². The minimum atomic E-state index is -0.265. The second-order valence-corrected chi connectivity index (χ2v) is 5.89. The predicted octanol–water partition coefficient (Wildman–Crippen LogP) is 1.83. The summed E-state index contributed by atoms with van der Waals surface area (Å²) in [4.78, 5) is 12.7. The highest BCUT2D eigenvalue weighted by Crippen LogP contribution is 2.41. The molecule has 0 bridgehead atoms. The van der Waals surface area contributed by atoms with Crippen molar-refractivity contribution in [2.24, 2.45) is 5.92 Å². The Morgan fingerprint density at radius 3 is 2.47 bits per heavy atom. The molecule has 3 heteroatoms. The van der Waals surface area contributed by atoms with Crippen LogP contribution in [0.5, 0.6) is 0 Å². The van der Waals surface area contributed by atoms with Crippen LogP contribution in [-0.4, -0.2) is 25.5 Å². The highest BCUT2D eigenvalue weighted by Gasteiger charge is 2.42. The van der Waals surface area contributed by atoms with Gasteiger partial charge in [-0.1, -0.05) is 43.2 Å². The average molecular weight is 258 g/mol. The number of benzene rings is 1. The summed E-state index contributed by atoms with van der Waals surface area (Å²) in [6, 6.07) is 10.3. The SMILES string of the molecule is O=C(NCC1CNC1)C1(c2ccccc2)CCCC1. The molecule has 1 aromatic rings. The van der Waals surface area contributed by atoms with E-state index in [1.807, 2.05) is 18.2 Å².